The highest BCUT2D eigenvalue weighted by molar-refractivity contribution is 6.08. The average Bonchev–Trinajstić information content (AvgIpc) is 3.27. The minimum Gasteiger partial charge on any atom is -0.368 e. The fraction of sp³-hybridized carbons (Fsp3) is 0.217. The summed E-state index contributed by atoms with van der Waals surface area (Å²) in [6.07, 6.45) is 7.46. The van der Waals surface area contributed by atoms with E-state index in [2.05, 4.69) is 53.5 Å². The summed E-state index contributed by atoms with van der Waals surface area (Å²) in [6, 6.07) is 21.7. The first kappa shape index (κ1) is 15.9. The van der Waals surface area contributed by atoms with Crippen LogP contribution in [-0.2, 0) is 6.42 Å². The second kappa shape index (κ2) is 7.12. The number of hydrogen-bond donors (Lipinski definition) is 2. The predicted molar refractivity (Wildman–Crippen MR) is 107 cm³/mol. The maximum absolute atomic E-state index is 6.02. The van der Waals surface area contributed by atoms with Crippen molar-refractivity contribution in [2.75, 3.05) is 6.54 Å². The number of benzene rings is 3. The number of fused-ring (bicyclic) bond motifs is 5. The number of hydrogen-bond acceptors (Lipinski definition) is 1. The molecule has 0 saturated heterocycles. The number of rotatable bonds is 1. The summed E-state index contributed by atoms with van der Waals surface area (Å²) < 4.78 is 0. The van der Waals surface area contributed by atoms with Gasteiger partial charge in [-0.3, -0.25) is 0 Å². The van der Waals surface area contributed by atoms with Gasteiger partial charge in [-0.05, 0) is 76.5 Å². The minimum absolute atomic E-state index is 0.531. The topological polar surface area (TPSA) is 41.8 Å². The molecule has 1 aliphatic rings. The SMILES string of the molecule is NCC1CCCc2ccc3c(ccc4ccccc43)c21.c1cc[nH]c1. The molecule has 0 saturated carbocycles. The molecule has 0 aliphatic heterocycles. The van der Waals surface area contributed by atoms with E-state index in [4.69, 9.17) is 5.73 Å². The van der Waals surface area contributed by atoms with Gasteiger partial charge in [-0.25, -0.2) is 0 Å². The predicted octanol–water partition coefficient (Wildman–Crippen LogP) is 5.39. The van der Waals surface area contributed by atoms with Crippen LogP contribution < -0.4 is 5.73 Å². The highest BCUT2D eigenvalue weighted by Crippen LogP contribution is 2.38. The lowest BCUT2D eigenvalue weighted by Gasteiger charge is -2.26. The largest absolute Gasteiger partial charge is 0.368 e. The molecule has 3 aromatic carbocycles. The van der Waals surface area contributed by atoms with Crippen molar-refractivity contribution in [3.8, 4) is 0 Å². The second-order valence-electron chi connectivity index (χ2n) is 6.73. The number of aromatic nitrogens is 1. The lowest BCUT2D eigenvalue weighted by Crippen LogP contribution is -2.18. The van der Waals surface area contributed by atoms with Crippen LogP contribution in [0.3, 0.4) is 0 Å². The lowest BCUT2D eigenvalue weighted by atomic mass is 9.79. The van der Waals surface area contributed by atoms with Crippen molar-refractivity contribution in [1.29, 1.82) is 0 Å². The van der Waals surface area contributed by atoms with Gasteiger partial charge in [-0.2, -0.15) is 0 Å². The van der Waals surface area contributed by atoms with E-state index in [0.29, 0.717) is 5.92 Å². The van der Waals surface area contributed by atoms with Gasteiger partial charge in [0.1, 0.15) is 0 Å². The summed E-state index contributed by atoms with van der Waals surface area (Å²) >= 11 is 0. The van der Waals surface area contributed by atoms with Gasteiger partial charge in [0.25, 0.3) is 0 Å². The Morgan fingerprint density at radius 1 is 0.840 bits per heavy atom. The van der Waals surface area contributed by atoms with Crippen molar-refractivity contribution in [2.45, 2.75) is 25.2 Å². The molecule has 1 atom stereocenters. The Morgan fingerprint density at radius 2 is 1.64 bits per heavy atom. The quantitative estimate of drug-likeness (QED) is 0.452. The van der Waals surface area contributed by atoms with Crippen LogP contribution in [0.15, 0.2) is 73.1 Å². The Kier molecular flexibility index (Phi) is 4.53. The smallest absolute Gasteiger partial charge is 0.000496 e. The van der Waals surface area contributed by atoms with E-state index < -0.39 is 0 Å². The third-order valence-corrected chi connectivity index (χ3v) is 5.25. The molecule has 126 valence electrons. The summed E-state index contributed by atoms with van der Waals surface area (Å²) in [4.78, 5) is 2.86. The standard InChI is InChI=1S/C19H19N.C4H5N/c20-12-15-6-3-5-14-9-10-17-16-7-2-1-4-13(16)8-11-18(17)19(14)15;1-2-4-5-3-1/h1-2,4,7-11,15H,3,5-6,12,20H2;1-5H. The maximum atomic E-state index is 6.02. The molecule has 1 unspecified atom stereocenters. The molecule has 0 fully saturated rings. The number of H-pyrrole nitrogens is 1. The molecule has 1 aromatic heterocycles. The van der Waals surface area contributed by atoms with E-state index in [1.165, 1.54) is 51.9 Å². The molecule has 5 rings (SSSR count). The van der Waals surface area contributed by atoms with E-state index in [-0.39, 0.29) is 0 Å². The van der Waals surface area contributed by atoms with Crippen molar-refractivity contribution < 1.29 is 0 Å². The molecule has 1 heterocycles. The van der Waals surface area contributed by atoms with Gasteiger partial charge >= 0.3 is 0 Å². The Labute approximate surface area is 148 Å². The molecular formula is C23H24N2. The monoisotopic (exact) mass is 328 g/mol. The van der Waals surface area contributed by atoms with E-state index in [1.54, 1.807) is 0 Å². The van der Waals surface area contributed by atoms with Crippen molar-refractivity contribution in [3.63, 3.8) is 0 Å². The Hall–Kier alpha value is -2.58. The number of aryl methyl sites for hydroxylation is 1. The average molecular weight is 328 g/mol. The van der Waals surface area contributed by atoms with Gasteiger partial charge in [0.15, 0.2) is 0 Å². The summed E-state index contributed by atoms with van der Waals surface area (Å²) in [6.45, 7) is 0.763. The molecule has 0 amide bonds. The number of nitrogens with two attached hydrogens (primary N) is 1. The Bertz CT molecular complexity index is 953. The third-order valence-electron chi connectivity index (χ3n) is 5.25. The van der Waals surface area contributed by atoms with Crippen LogP contribution in [0.5, 0.6) is 0 Å². The molecule has 3 N–H and O–H groups in total. The molecule has 0 radical (unpaired) electrons. The molecule has 0 bridgehead atoms. The maximum Gasteiger partial charge on any atom is 0.000496 e. The summed E-state index contributed by atoms with van der Waals surface area (Å²) in [5.41, 5.74) is 9.05. The molecule has 25 heavy (non-hydrogen) atoms. The second-order valence-corrected chi connectivity index (χ2v) is 6.73. The van der Waals surface area contributed by atoms with Gasteiger partial charge < -0.3 is 10.7 Å². The van der Waals surface area contributed by atoms with Gasteiger partial charge in [-0.15, -0.1) is 0 Å². The molecular weight excluding hydrogens is 304 g/mol. The van der Waals surface area contributed by atoms with Crippen molar-refractivity contribution in [3.05, 3.63) is 84.2 Å². The molecule has 4 aromatic rings. The van der Waals surface area contributed by atoms with E-state index in [1.807, 2.05) is 24.5 Å². The van der Waals surface area contributed by atoms with E-state index >= 15 is 0 Å². The normalized spacial score (nSPS) is 16.3. The first-order chi connectivity index (χ1) is 12.4. The highest BCUT2D eigenvalue weighted by atomic mass is 14.6. The molecule has 0 spiro atoms. The van der Waals surface area contributed by atoms with Gasteiger partial charge in [0.05, 0.1) is 0 Å². The molecule has 1 aliphatic carbocycles. The van der Waals surface area contributed by atoms with Crippen molar-refractivity contribution in [2.24, 2.45) is 5.73 Å². The minimum atomic E-state index is 0.531. The van der Waals surface area contributed by atoms with Crippen LogP contribution in [0.25, 0.3) is 21.5 Å². The van der Waals surface area contributed by atoms with Crippen LogP contribution in [0.2, 0.25) is 0 Å². The summed E-state index contributed by atoms with van der Waals surface area (Å²) in [7, 11) is 0. The van der Waals surface area contributed by atoms with Crippen LogP contribution in [0.1, 0.15) is 29.9 Å². The number of aromatic amines is 1. The fourth-order valence-electron chi connectivity index (χ4n) is 4.05. The van der Waals surface area contributed by atoms with Crippen LogP contribution in [0.4, 0.5) is 0 Å². The fourth-order valence-corrected chi connectivity index (χ4v) is 4.05. The first-order valence-corrected chi connectivity index (χ1v) is 9.09. The first-order valence-electron chi connectivity index (χ1n) is 9.09. The number of nitrogens with one attached hydrogen (secondary N) is 1. The van der Waals surface area contributed by atoms with Gasteiger partial charge in [0.2, 0.25) is 0 Å². The zero-order chi connectivity index (χ0) is 17.1. The van der Waals surface area contributed by atoms with E-state index in [9.17, 15) is 0 Å². The van der Waals surface area contributed by atoms with E-state index in [0.717, 1.165) is 6.54 Å². The molecule has 2 heteroatoms. The van der Waals surface area contributed by atoms with Gasteiger partial charge in [-0.1, -0.05) is 48.5 Å². The Balaban J connectivity index is 0.000000272. The lowest BCUT2D eigenvalue weighted by molar-refractivity contribution is 0.565. The summed E-state index contributed by atoms with van der Waals surface area (Å²) in [5.74, 6) is 0.531. The van der Waals surface area contributed by atoms with Crippen molar-refractivity contribution in [1.82, 2.24) is 4.98 Å². The summed E-state index contributed by atoms with van der Waals surface area (Å²) in [5, 5.41) is 5.47. The zero-order valence-electron chi connectivity index (χ0n) is 14.4. The molecule has 2 nitrogen and oxygen atoms in total. The Morgan fingerprint density at radius 3 is 2.40 bits per heavy atom. The van der Waals surface area contributed by atoms with Crippen LogP contribution in [-0.4, -0.2) is 11.5 Å². The zero-order valence-corrected chi connectivity index (χ0v) is 14.4. The van der Waals surface area contributed by atoms with Gasteiger partial charge in [0, 0.05) is 12.4 Å². The van der Waals surface area contributed by atoms with Crippen molar-refractivity contribution >= 4 is 21.5 Å². The highest BCUT2D eigenvalue weighted by Gasteiger charge is 2.21. The van der Waals surface area contributed by atoms with Crippen LogP contribution >= 0.6 is 0 Å². The third kappa shape index (κ3) is 3.06. The van der Waals surface area contributed by atoms with Crippen LogP contribution in [0, 0.1) is 0 Å².